The lowest BCUT2D eigenvalue weighted by Crippen LogP contribution is -2.14. The topological polar surface area (TPSA) is 67.8 Å². The number of nitrogens with zero attached hydrogens (tertiary/aromatic N) is 3. The number of anilines is 1. The summed E-state index contributed by atoms with van der Waals surface area (Å²) in [4.78, 5) is 25.1. The molecule has 0 spiro atoms. The predicted molar refractivity (Wildman–Crippen MR) is 89.7 cm³/mol. The molecule has 0 saturated carbocycles. The molecule has 1 N–H and O–H groups in total. The molecule has 2 heterocycles. The predicted octanol–water partition coefficient (Wildman–Crippen LogP) is 3.18. The highest BCUT2D eigenvalue weighted by molar-refractivity contribution is 5.95. The van der Waals surface area contributed by atoms with Crippen LogP contribution in [0.2, 0.25) is 0 Å². The number of hydrogen-bond acceptors (Lipinski definition) is 5. The van der Waals surface area contributed by atoms with E-state index in [4.69, 9.17) is 0 Å². The molecule has 5 nitrogen and oxygen atoms in total. The molecule has 0 unspecified atom stereocenters. The molecule has 1 aliphatic rings. The Hall–Kier alpha value is -2.30. The zero-order chi connectivity index (χ0) is 16.4. The standard InChI is InChI=1S/C18H22N4O/c1-11-15(12(2)23)9-8-14(20-11)10-19-18-16-6-4-5-7-17(16)21-13(3)22-18/h8-9H,4-7,10H2,1-3H3,(H,19,21,22). The van der Waals surface area contributed by atoms with Crippen molar-refractivity contribution in [3.63, 3.8) is 0 Å². The van der Waals surface area contributed by atoms with Crippen LogP contribution >= 0.6 is 0 Å². The molecule has 5 heteroatoms. The van der Waals surface area contributed by atoms with E-state index >= 15 is 0 Å². The molecule has 0 atom stereocenters. The zero-order valence-corrected chi connectivity index (χ0v) is 13.9. The number of pyridine rings is 1. The van der Waals surface area contributed by atoms with Crippen LogP contribution in [0.5, 0.6) is 0 Å². The fourth-order valence-corrected chi connectivity index (χ4v) is 3.12. The summed E-state index contributed by atoms with van der Waals surface area (Å²) in [5, 5.41) is 3.41. The summed E-state index contributed by atoms with van der Waals surface area (Å²) < 4.78 is 0. The van der Waals surface area contributed by atoms with Gasteiger partial charge >= 0.3 is 0 Å². The smallest absolute Gasteiger partial charge is 0.161 e. The Morgan fingerprint density at radius 1 is 1.13 bits per heavy atom. The molecule has 2 aromatic heterocycles. The minimum absolute atomic E-state index is 0.0509. The number of nitrogens with one attached hydrogen (secondary N) is 1. The number of carbonyl (C=O) groups is 1. The van der Waals surface area contributed by atoms with Gasteiger partial charge in [-0.25, -0.2) is 9.97 Å². The van der Waals surface area contributed by atoms with Gasteiger partial charge in [0.05, 0.1) is 12.2 Å². The van der Waals surface area contributed by atoms with Crippen molar-refractivity contribution < 1.29 is 4.79 Å². The first-order valence-electron chi connectivity index (χ1n) is 8.12. The van der Waals surface area contributed by atoms with E-state index < -0.39 is 0 Å². The van der Waals surface area contributed by atoms with Crippen molar-refractivity contribution in [3.05, 3.63) is 46.2 Å². The van der Waals surface area contributed by atoms with Crippen LogP contribution in [0.15, 0.2) is 12.1 Å². The third kappa shape index (κ3) is 3.38. The van der Waals surface area contributed by atoms with E-state index in [0.717, 1.165) is 35.9 Å². The van der Waals surface area contributed by atoms with Gasteiger partial charge < -0.3 is 5.32 Å². The van der Waals surface area contributed by atoms with Crippen LogP contribution in [0.4, 0.5) is 5.82 Å². The summed E-state index contributed by atoms with van der Waals surface area (Å²) in [6.07, 6.45) is 4.47. The van der Waals surface area contributed by atoms with Crippen molar-refractivity contribution in [2.24, 2.45) is 0 Å². The highest BCUT2D eigenvalue weighted by atomic mass is 16.1. The summed E-state index contributed by atoms with van der Waals surface area (Å²) in [6.45, 7) is 5.97. The number of aryl methyl sites for hydroxylation is 3. The zero-order valence-electron chi connectivity index (χ0n) is 13.9. The average Bonchev–Trinajstić information content (AvgIpc) is 2.52. The molecular weight excluding hydrogens is 288 g/mol. The van der Waals surface area contributed by atoms with Crippen LogP contribution in [-0.2, 0) is 19.4 Å². The van der Waals surface area contributed by atoms with Gasteiger partial charge in [-0.2, -0.15) is 0 Å². The Balaban J connectivity index is 1.80. The molecule has 1 aliphatic carbocycles. The van der Waals surface area contributed by atoms with Gasteiger partial charge in [0.25, 0.3) is 0 Å². The monoisotopic (exact) mass is 310 g/mol. The van der Waals surface area contributed by atoms with Crippen molar-refractivity contribution >= 4 is 11.6 Å². The maximum atomic E-state index is 11.5. The first kappa shape index (κ1) is 15.6. The molecule has 120 valence electrons. The van der Waals surface area contributed by atoms with E-state index in [-0.39, 0.29) is 5.78 Å². The first-order valence-corrected chi connectivity index (χ1v) is 8.12. The van der Waals surface area contributed by atoms with Crippen LogP contribution in [0.1, 0.15) is 58.6 Å². The molecule has 0 radical (unpaired) electrons. The molecule has 0 bridgehead atoms. The highest BCUT2D eigenvalue weighted by Gasteiger charge is 2.16. The molecule has 0 saturated heterocycles. The van der Waals surface area contributed by atoms with E-state index in [1.54, 1.807) is 6.92 Å². The maximum Gasteiger partial charge on any atom is 0.161 e. The Bertz CT molecular complexity index is 755. The Kier molecular flexibility index (Phi) is 4.37. The van der Waals surface area contributed by atoms with Gasteiger partial charge in [0, 0.05) is 22.5 Å². The largest absolute Gasteiger partial charge is 0.364 e. The number of rotatable bonds is 4. The lowest BCUT2D eigenvalue weighted by molar-refractivity contribution is 0.101. The van der Waals surface area contributed by atoms with E-state index in [0.29, 0.717) is 12.1 Å². The Labute approximate surface area is 136 Å². The van der Waals surface area contributed by atoms with Gasteiger partial charge in [0.1, 0.15) is 11.6 Å². The second kappa shape index (κ2) is 6.44. The van der Waals surface area contributed by atoms with Gasteiger partial charge in [-0.1, -0.05) is 0 Å². The number of aromatic nitrogens is 3. The van der Waals surface area contributed by atoms with Crippen LogP contribution in [-0.4, -0.2) is 20.7 Å². The summed E-state index contributed by atoms with van der Waals surface area (Å²) in [7, 11) is 0. The van der Waals surface area contributed by atoms with Gasteiger partial charge in [-0.05, 0) is 58.6 Å². The van der Waals surface area contributed by atoms with Crippen molar-refractivity contribution in [1.82, 2.24) is 15.0 Å². The van der Waals surface area contributed by atoms with Gasteiger partial charge in [0.15, 0.2) is 5.78 Å². The minimum atomic E-state index is 0.0509. The summed E-state index contributed by atoms with van der Waals surface area (Å²) >= 11 is 0. The van der Waals surface area contributed by atoms with Gasteiger partial charge in [-0.15, -0.1) is 0 Å². The van der Waals surface area contributed by atoms with Crippen molar-refractivity contribution in [2.75, 3.05) is 5.32 Å². The third-order valence-electron chi connectivity index (χ3n) is 4.25. The molecule has 0 amide bonds. The van der Waals surface area contributed by atoms with Gasteiger partial charge in [0.2, 0.25) is 0 Å². The van der Waals surface area contributed by atoms with Crippen molar-refractivity contribution in [1.29, 1.82) is 0 Å². The maximum absolute atomic E-state index is 11.5. The fraction of sp³-hybridized carbons (Fsp3) is 0.444. The van der Waals surface area contributed by atoms with Crippen molar-refractivity contribution in [3.8, 4) is 0 Å². The first-order chi connectivity index (χ1) is 11.0. The highest BCUT2D eigenvalue weighted by Crippen LogP contribution is 2.25. The number of hydrogen-bond donors (Lipinski definition) is 1. The molecule has 23 heavy (non-hydrogen) atoms. The average molecular weight is 310 g/mol. The molecule has 0 aliphatic heterocycles. The molecule has 2 aromatic rings. The Morgan fingerprint density at radius 3 is 2.65 bits per heavy atom. The van der Waals surface area contributed by atoms with E-state index in [2.05, 4.69) is 20.3 Å². The Morgan fingerprint density at radius 2 is 1.91 bits per heavy atom. The minimum Gasteiger partial charge on any atom is -0.364 e. The normalized spacial score (nSPS) is 13.5. The summed E-state index contributed by atoms with van der Waals surface area (Å²) in [6, 6.07) is 3.75. The van der Waals surface area contributed by atoms with Crippen LogP contribution in [0.3, 0.4) is 0 Å². The quantitative estimate of drug-likeness (QED) is 0.878. The second-order valence-corrected chi connectivity index (χ2v) is 6.10. The number of ketones is 1. The fourth-order valence-electron chi connectivity index (χ4n) is 3.12. The summed E-state index contributed by atoms with van der Waals surface area (Å²) in [5.41, 5.74) is 4.80. The SMILES string of the molecule is CC(=O)c1ccc(CNc2nc(C)nc3c2CCCC3)nc1C. The molecule has 0 fully saturated rings. The van der Waals surface area contributed by atoms with Gasteiger partial charge in [-0.3, -0.25) is 9.78 Å². The summed E-state index contributed by atoms with van der Waals surface area (Å²) in [5.74, 6) is 1.79. The number of carbonyl (C=O) groups excluding carboxylic acids is 1. The second-order valence-electron chi connectivity index (χ2n) is 6.10. The van der Waals surface area contributed by atoms with E-state index in [1.807, 2.05) is 26.0 Å². The molecular formula is C18H22N4O. The van der Waals surface area contributed by atoms with Crippen LogP contribution in [0, 0.1) is 13.8 Å². The van der Waals surface area contributed by atoms with E-state index in [9.17, 15) is 4.79 Å². The van der Waals surface area contributed by atoms with E-state index in [1.165, 1.54) is 24.1 Å². The third-order valence-corrected chi connectivity index (χ3v) is 4.25. The molecule has 3 rings (SSSR count). The lowest BCUT2D eigenvalue weighted by atomic mass is 9.96. The molecule has 0 aromatic carbocycles. The lowest BCUT2D eigenvalue weighted by Gasteiger charge is -2.19. The number of fused-ring (bicyclic) bond motifs is 1. The number of Topliss-reactive ketones (excluding diaryl/α,β-unsaturated/α-hetero) is 1. The van der Waals surface area contributed by atoms with Crippen LogP contribution < -0.4 is 5.32 Å². The van der Waals surface area contributed by atoms with Crippen LogP contribution in [0.25, 0.3) is 0 Å². The van der Waals surface area contributed by atoms with Crippen molar-refractivity contribution in [2.45, 2.75) is 53.0 Å².